The second kappa shape index (κ2) is 8.94. The van der Waals surface area contributed by atoms with Gasteiger partial charge in [0.2, 0.25) is 0 Å². The number of hydrogen-bond donors (Lipinski definition) is 0. The van der Waals surface area contributed by atoms with Crippen LogP contribution in [0, 0.1) is 11.3 Å². The first-order valence-electron chi connectivity index (χ1n) is 8.78. The van der Waals surface area contributed by atoms with Crippen LogP contribution < -0.4 is 0 Å². The van der Waals surface area contributed by atoms with Crippen molar-refractivity contribution in [2.75, 3.05) is 20.6 Å². The second-order valence-electron chi connectivity index (χ2n) is 6.79. The van der Waals surface area contributed by atoms with Crippen molar-refractivity contribution < 1.29 is 9.13 Å². The Morgan fingerprint density at radius 3 is 2.88 bits per heavy atom. The van der Waals surface area contributed by atoms with Crippen molar-refractivity contribution in [2.45, 2.75) is 44.8 Å². The van der Waals surface area contributed by atoms with Crippen LogP contribution in [0.15, 0.2) is 42.3 Å². The molecule has 0 radical (unpaired) electrons. The van der Waals surface area contributed by atoms with Gasteiger partial charge in [-0.15, -0.1) is 0 Å². The van der Waals surface area contributed by atoms with Gasteiger partial charge in [-0.2, -0.15) is 5.26 Å². The molecule has 1 aliphatic heterocycles. The maximum Gasteiger partial charge on any atom is 0.0994 e. The molecule has 0 aromatic heterocycles. The first-order valence-corrected chi connectivity index (χ1v) is 8.78. The lowest BCUT2D eigenvalue weighted by molar-refractivity contribution is -0.0444. The van der Waals surface area contributed by atoms with E-state index in [1.54, 1.807) is 6.92 Å². The Kier molecular flexibility index (Phi) is 6.92. The summed E-state index contributed by atoms with van der Waals surface area (Å²) >= 11 is 0. The van der Waals surface area contributed by atoms with Crippen LogP contribution in [-0.4, -0.2) is 25.5 Å². The molecule has 1 unspecified atom stereocenters. The van der Waals surface area contributed by atoms with Crippen LogP contribution in [0.1, 0.15) is 49.3 Å². The molecule has 2 rings (SSSR count). The molecular weight excluding hydrogens is 315 g/mol. The molecule has 1 aromatic carbocycles. The Bertz CT molecular complexity index is 688. The van der Waals surface area contributed by atoms with Gasteiger partial charge >= 0.3 is 0 Å². The van der Waals surface area contributed by atoms with E-state index in [1.807, 2.05) is 30.4 Å². The van der Waals surface area contributed by atoms with Crippen molar-refractivity contribution >= 4 is 0 Å². The number of ether oxygens (including phenoxy) is 1. The number of halogens is 1. The first kappa shape index (κ1) is 19.4. The Morgan fingerprint density at radius 1 is 1.40 bits per heavy atom. The van der Waals surface area contributed by atoms with Gasteiger partial charge in [0, 0.05) is 6.42 Å². The first-order chi connectivity index (χ1) is 12.0. The van der Waals surface area contributed by atoms with Gasteiger partial charge in [0.1, 0.15) is 0 Å². The molecule has 25 heavy (non-hydrogen) atoms. The fourth-order valence-corrected chi connectivity index (χ4v) is 3.27. The average Bonchev–Trinajstić information content (AvgIpc) is 2.96. The van der Waals surface area contributed by atoms with Gasteiger partial charge in [0.25, 0.3) is 0 Å². The molecule has 134 valence electrons. The molecule has 0 saturated carbocycles. The number of nitriles is 1. The van der Waals surface area contributed by atoms with Crippen LogP contribution in [0.25, 0.3) is 0 Å². The Balaban J connectivity index is 2.19. The quantitative estimate of drug-likeness (QED) is 0.635. The number of fused-ring (bicyclic) bond motifs is 1. The molecule has 1 aromatic rings. The van der Waals surface area contributed by atoms with Gasteiger partial charge in [0.05, 0.1) is 29.7 Å². The van der Waals surface area contributed by atoms with Gasteiger partial charge in [0.15, 0.2) is 0 Å². The third-order valence-corrected chi connectivity index (χ3v) is 4.66. The van der Waals surface area contributed by atoms with Crippen LogP contribution in [0.5, 0.6) is 0 Å². The van der Waals surface area contributed by atoms with Crippen molar-refractivity contribution in [1.29, 1.82) is 5.26 Å². The fraction of sp³-hybridized carbons (Fsp3) is 0.476. The summed E-state index contributed by atoms with van der Waals surface area (Å²) in [5, 5.41) is 9.10. The largest absolute Gasteiger partial charge is 0.365 e. The van der Waals surface area contributed by atoms with E-state index in [4.69, 9.17) is 10.00 Å². The summed E-state index contributed by atoms with van der Waals surface area (Å²) in [6.45, 7) is 3.23. The molecule has 3 nitrogen and oxygen atoms in total. The standard InChI is InChI=1S/C21H27FN2O/c1-4-19(22)8-5-6-11-21(12-7-13-24(2)3)20-10-9-17(15-23)14-18(20)16-25-21/h4-6,9-10,14H,7-8,11-13,16H2,1-3H3/b6-5-,19-4+. The number of rotatable bonds is 8. The van der Waals surface area contributed by atoms with E-state index < -0.39 is 0 Å². The topological polar surface area (TPSA) is 36.3 Å². The summed E-state index contributed by atoms with van der Waals surface area (Å²) in [6.07, 6.45) is 8.34. The smallest absolute Gasteiger partial charge is 0.0994 e. The maximum atomic E-state index is 13.3. The molecule has 4 heteroatoms. The lowest BCUT2D eigenvalue weighted by atomic mass is 9.84. The molecule has 0 fully saturated rings. The Labute approximate surface area is 150 Å². The Morgan fingerprint density at radius 2 is 2.20 bits per heavy atom. The lowest BCUT2D eigenvalue weighted by Crippen LogP contribution is -2.26. The number of allylic oxidation sites excluding steroid dienone is 3. The van der Waals surface area contributed by atoms with Crippen molar-refractivity contribution in [3.63, 3.8) is 0 Å². The van der Waals surface area contributed by atoms with Crippen LogP contribution in [0.2, 0.25) is 0 Å². The predicted octanol–water partition coefficient (Wildman–Crippen LogP) is 4.84. The predicted molar refractivity (Wildman–Crippen MR) is 98.7 cm³/mol. The van der Waals surface area contributed by atoms with Gasteiger partial charge in [-0.3, -0.25) is 0 Å². The van der Waals surface area contributed by atoms with E-state index in [9.17, 15) is 4.39 Å². The maximum absolute atomic E-state index is 13.3. The third-order valence-electron chi connectivity index (χ3n) is 4.66. The lowest BCUT2D eigenvalue weighted by Gasteiger charge is -2.29. The fourth-order valence-electron chi connectivity index (χ4n) is 3.27. The third kappa shape index (κ3) is 5.01. The molecule has 0 saturated heterocycles. The van der Waals surface area contributed by atoms with E-state index in [0.29, 0.717) is 18.6 Å². The minimum absolute atomic E-state index is 0.121. The van der Waals surface area contributed by atoms with E-state index in [0.717, 1.165) is 31.4 Å². The van der Waals surface area contributed by atoms with Crippen molar-refractivity contribution in [2.24, 2.45) is 0 Å². The van der Waals surface area contributed by atoms with E-state index in [-0.39, 0.29) is 11.4 Å². The summed E-state index contributed by atoms with van der Waals surface area (Å²) in [5.74, 6) is -0.121. The van der Waals surface area contributed by atoms with E-state index in [2.05, 4.69) is 25.1 Å². The highest BCUT2D eigenvalue weighted by Crippen LogP contribution is 2.43. The number of nitrogens with zero attached hydrogens (tertiary/aromatic N) is 2. The molecule has 0 spiro atoms. The zero-order chi connectivity index (χ0) is 18.3. The highest BCUT2D eigenvalue weighted by Gasteiger charge is 2.38. The Hall–Kier alpha value is -1.96. The summed E-state index contributed by atoms with van der Waals surface area (Å²) in [4.78, 5) is 2.17. The van der Waals surface area contributed by atoms with Crippen molar-refractivity contribution in [1.82, 2.24) is 4.90 Å². The summed E-state index contributed by atoms with van der Waals surface area (Å²) < 4.78 is 19.5. The molecule has 1 heterocycles. The molecular formula is C21H27FN2O. The zero-order valence-electron chi connectivity index (χ0n) is 15.4. The second-order valence-corrected chi connectivity index (χ2v) is 6.79. The summed E-state index contributed by atoms with van der Waals surface area (Å²) in [6, 6.07) is 8.00. The molecule has 1 atom stereocenters. The molecule has 0 amide bonds. The number of hydrogen-bond acceptors (Lipinski definition) is 3. The van der Waals surface area contributed by atoms with Crippen LogP contribution in [0.3, 0.4) is 0 Å². The van der Waals surface area contributed by atoms with Crippen LogP contribution >= 0.6 is 0 Å². The number of benzene rings is 1. The van der Waals surface area contributed by atoms with Crippen molar-refractivity contribution in [3.05, 3.63) is 58.9 Å². The average molecular weight is 342 g/mol. The highest BCUT2D eigenvalue weighted by atomic mass is 19.1. The van der Waals surface area contributed by atoms with Gasteiger partial charge < -0.3 is 9.64 Å². The van der Waals surface area contributed by atoms with Crippen LogP contribution in [-0.2, 0) is 16.9 Å². The van der Waals surface area contributed by atoms with E-state index >= 15 is 0 Å². The minimum atomic E-state index is -0.373. The van der Waals surface area contributed by atoms with Gasteiger partial charge in [-0.1, -0.05) is 24.3 Å². The molecule has 1 aliphatic rings. The summed E-state index contributed by atoms with van der Waals surface area (Å²) in [5.41, 5.74) is 2.55. The van der Waals surface area contributed by atoms with Crippen LogP contribution in [0.4, 0.5) is 4.39 Å². The monoisotopic (exact) mass is 342 g/mol. The zero-order valence-corrected chi connectivity index (χ0v) is 15.4. The molecule has 0 aliphatic carbocycles. The van der Waals surface area contributed by atoms with Gasteiger partial charge in [-0.05, 0) is 70.1 Å². The van der Waals surface area contributed by atoms with Gasteiger partial charge in [-0.25, -0.2) is 4.39 Å². The summed E-state index contributed by atoms with van der Waals surface area (Å²) in [7, 11) is 4.13. The van der Waals surface area contributed by atoms with E-state index in [1.165, 1.54) is 11.6 Å². The molecule has 0 N–H and O–H groups in total. The minimum Gasteiger partial charge on any atom is -0.365 e. The van der Waals surface area contributed by atoms with Crippen molar-refractivity contribution in [3.8, 4) is 6.07 Å². The highest BCUT2D eigenvalue weighted by molar-refractivity contribution is 5.43. The normalized spacial score (nSPS) is 20.2. The SMILES string of the molecule is C/C=C(/F)C/C=C\CC1(CCCN(C)C)OCc2cc(C#N)ccc21. The molecule has 0 bridgehead atoms.